The number of hydrogen-bond acceptors (Lipinski definition) is 3. The molecular weight excluding hydrogens is 379 g/mol. The molecule has 1 saturated heterocycles. The van der Waals surface area contributed by atoms with Crippen molar-refractivity contribution in [2.45, 2.75) is 37.8 Å². The number of nitrogens with zero attached hydrogens (tertiary/aromatic N) is 2. The summed E-state index contributed by atoms with van der Waals surface area (Å²) in [4.78, 5) is 19.4. The number of benzene rings is 2. The first-order valence-electron chi connectivity index (χ1n) is 10.7. The lowest BCUT2D eigenvalue weighted by Crippen LogP contribution is -2.35. The molecule has 1 aliphatic heterocycles. The molecule has 2 aliphatic rings. The van der Waals surface area contributed by atoms with Crippen molar-refractivity contribution in [3.63, 3.8) is 0 Å². The summed E-state index contributed by atoms with van der Waals surface area (Å²) in [7, 11) is 0. The first kappa shape index (κ1) is 19.2. The van der Waals surface area contributed by atoms with Crippen molar-refractivity contribution in [3.8, 4) is 0 Å². The number of hydrogen-bond donors (Lipinski definition) is 0. The summed E-state index contributed by atoms with van der Waals surface area (Å²) in [6.45, 7) is 1.34. The highest BCUT2D eigenvalue weighted by Crippen LogP contribution is 2.42. The largest absolute Gasteiger partial charge is 0.371 e. The minimum atomic E-state index is -0.374. The Hall–Kier alpha value is -2.79. The van der Waals surface area contributed by atoms with E-state index in [1.54, 1.807) is 18.3 Å². The number of para-hydroxylation sites is 1. The lowest BCUT2D eigenvalue weighted by molar-refractivity contribution is -0.133. The Kier molecular flexibility index (Phi) is 5.21. The van der Waals surface area contributed by atoms with Crippen LogP contribution in [0.2, 0.25) is 0 Å². The van der Waals surface area contributed by atoms with Crippen LogP contribution in [0.15, 0.2) is 60.8 Å². The van der Waals surface area contributed by atoms with Crippen molar-refractivity contribution in [1.29, 1.82) is 0 Å². The van der Waals surface area contributed by atoms with Gasteiger partial charge < -0.3 is 9.64 Å². The Balaban J connectivity index is 1.64. The van der Waals surface area contributed by atoms with Crippen LogP contribution in [0.5, 0.6) is 0 Å². The molecule has 5 heteroatoms. The van der Waals surface area contributed by atoms with Crippen molar-refractivity contribution in [2.75, 3.05) is 13.2 Å². The van der Waals surface area contributed by atoms with Crippen LogP contribution in [-0.4, -0.2) is 28.9 Å². The normalized spacial score (nSPS) is 18.7. The average molecular weight is 404 g/mol. The first-order chi connectivity index (χ1) is 14.7. The summed E-state index contributed by atoms with van der Waals surface area (Å²) < 4.78 is 20.1. The molecular formula is C25H25FN2O2. The Morgan fingerprint density at radius 3 is 2.63 bits per heavy atom. The molecule has 0 radical (unpaired) electrons. The van der Waals surface area contributed by atoms with Gasteiger partial charge in [-0.2, -0.15) is 0 Å². The molecule has 1 amide bonds. The van der Waals surface area contributed by atoms with Gasteiger partial charge in [-0.25, -0.2) is 4.39 Å². The van der Waals surface area contributed by atoms with E-state index in [2.05, 4.69) is 4.98 Å². The second-order valence-electron chi connectivity index (χ2n) is 8.31. The molecule has 0 spiro atoms. The third kappa shape index (κ3) is 3.82. The van der Waals surface area contributed by atoms with Crippen molar-refractivity contribution in [3.05, 3.63) is 77.7 Å². The summed E-state index contributed by atoms with van der Waals surface area (Å²) in [5, 5.41) is 1.03. The summed E-state index contributed by atoms with van der Waals surface area (Å²) in [5.74, 6) is 0.434. The van der Waals surface area contributed by atoms with Crippen molar-refractivity contribution in [2.24, 2.45) is 5.92 Å². The van der Waals surface area contributed by atoms with E-state index in [4.69, 9.17) is 4.74 Å². The molecule has 1 aliphatic carbocycles. The zero-order valence-corrected chi connectivity index (χ0v) is 16.8. The highest BCUT2D eigenvalue weighted by Gasteiger charge is 2.38. The Morgan fingerprint density at radius 1 is 1.10 bits per heavy atom. The molecule has 5 rings (SSSR count). The van der Waals surface area contributed by atoms with Gasteiger partial charge in [-0.3, -0.25) is 9.78 Å². The summed E-state index contributed by atoms with van der Waals surface area (Å²) in [5.41, 5.74) is 2.75. The molecule has 0 N–H and O–H groups in total. The lowest BCUT2D eigenvalue weighted by Gasteiger charge is -2.35. The maximum Gasteiger partial charge on any atom is 0.223 e. The molecule has 0 bridgehead atoms. The van der Waals surface area contributed by atoms with Crippen LogP contribution in [0.4, 0.5) is 4.39 Å². The summed E-state index contributed by atoms with van der Waals surface area (Å²) >= 11 is 0. The minimum absolute atomic E-state index is 0.134. The van der Waals surface area contributed by atoms with E-state index in [1.165, 1.54) is 25.0 Å². The van der Waals surface area contributed by atoms with Crippen LogP contribution in [0, 0.1) is 11.7 Å². The monoisotopic (exact) mass is 404 g/mol. The highest BCUT2D eigenvalue weighted by atomic mass is 19.1. The lowest BCUT2D eigenvalue weighted by atomic mass is 9.92. The molecule has 2 heterocycles. The van der Waals surface area contributed by atoms with Gasteiger partial charge in [-0.1, -0.05) is 36.4 Å². The molecule has 1 aromatic heterocycles. The zero-order valence-electron chi connectivity index (χ0n) is 16.8. The molecule has 3 aromatic rings. The summed E-state index contributed by atoms with van der Waals surface area (Å²) in [6.07, 6.45) is 5.16. The molecule has 1 saturated carbocycles. The predicted octanol–water partition coefficient (Wildman–Crippen LogP) is 5.21. The van der Waals surface area contributed by atoms with Crippen molar-refractivity contribution in [1.82, 2.24) is 9.88 Å². The van der Waals surface area contributed by atoms with Crippen LogP contribution in [0.1, 0.15) is 49.0 Å². The minimum Gasteiger partial charge on any atom is -0.371 e. The maximum atomic E-state index is 13.7. The smallest absolute Gasteiger partial charge is 0.223 e. The molecule has 2 fully saturated rings. The van der Waals surface area contributed by atoms with Crippen molar-refractivity contribution < 1.29 is 13.9 Å². The molecule has 4 nitrogen and oxygen atoms in total. The third-order valence-electron chi connectivity index (χ3n) is 6.12. The van der Waals surface area contributed by atoms with Crippen LogP contribution < -0.4 is 0 Å². The number of carbonyl (C=O) groups is 1. The quantitative estimate of drug-likeness (QED) is 0.543. The fourth-order valence-corrected chi connectivity index (χ4v) is 4.37. The zero-order chi connectivity index (χ0) is 20.5. The fourth-order valence-electron chi connectivity index (χ4n) is 4.37. The number of likely N-dealkylation sites (tertiary alicyclic amines) is 1. The number of amides is 1. The predicted molar refractivity (Wildman–Crippen MR) is 113 cm³/mol. The number of rotatable bonds is 7. The van der Waals surface area contributed by atoms with Crippen LogP contribution in [0.25, 0.3) is 10.9 Å². The SMILES string of the molecule is O=C1CCCN1C(c1cccc2cccnc12)[C@@H](OCC1CC1)c1ccc(F)cc1. The Labute approximate surface area is 175 Å². The number of pyridine rings is 1. The molecule has 30 heavy (non-hydrogen) atoms. The van der Waals surface area contributed by atoms with E-state index in [0.717, 1.165) is 28.5 Å². The van der Waals surface area contributed by atoms with Gasteiger partial charge in [0.15, 0.2) is 0 Å². The second kappa shape index (κ2) is 8.15. The van der Waals surface area contributed by atoms with Gasteiger partial charge >= 0.3 is 0 Å². The van der Waals surface area contributed by atoms with E-state index in [1.807, 2.05) is 35.2 Å². The van der Waals surface area contributed by atoms with Gasteiger partial charge in [0.1, 0.15) is 11.9 Å². The Bertz CT molecular complexity index is 1040. The number of fused-ring (bicyclic) bond motifs is 1. The highest BCUT2D eigenvalue weighted by molar-refractivity contribution is 5.84. The maximum absolute atomic E-state index is 13.7. The van der Waals surface area contributed by atoms with Crippen LogP contribution in [-0.2, 0) is 9.53 Å². The molecule has 154 valence electrons. The van der Waals surface area contributed by atoms with E-state index >= 15 is 0 Å². The average Bonchev–Trinajstić information content (AvgIpc) is 3.51. The van der Waals surface area contributed by atoms with Gasteiger partial charge in [0.25, 0.3) is 0 Å². The van der Waals surface area contributed by atoms with Crippen LogP contribution in [0.3, 0.4) is 0 Å². The molecule has 2 aromatic carbocycles. The van der Waals surface area contributed by atoms with Gasteiger partial charge in [0, 0.05) is 30.1 Å². The molecule has 2 atom stereocenters. The number of carbonyl (C=O) groups excluding carboxylic acids is 1. The van der Waals surface area contributed by atoms with Gasteiger partial charge in [0.05, 0.1) is 18.2 Å². The van der Waals surface area contributed by atoms with Crippen molar-refractivity contribution >= 4 is 16.8 Å². The van der Waals surface area contributed by atoms with E-state index < -0.39 is 0 Å². The summed E-state index contributed by atoms with van der Waals surface area (Å²) in [6, 6.07) is 16.2. The van der Waals surface area contributed by atoms with E-state index in [-0.39, 0.29) is 23.9 Å². The van der Waals surface area contributed by atoms with E-state index in [0.29, 0.717) is 25.5 Å². The third-order valence-corrected chi connectivity index (χ3v) is 6.12. The number of ether oxygens (including phenoxy) is 1. The first-order valence-corrected chi connectivity index (χ1v) is 10.7. The van der Waals surface area contributed by atoms with Gasteiger partial charge in [0.2, 0.25) is 5.91 Å². The standard InChI is InChI=1S/C25H25FN2O2/c26-20-12-10-19(11-13-20)25(30-16-17-8-9-17)24(28-15-3-7-22(28)29)21-6-1-4-18-5-2-14-27-23(18)21/h1-2,4-6,10-14,17,24-25H,3,7-9,15-16H2/t24?,25-/m0/s1. The topological polar surface area (TPSA) is 42.4 Å². The van der Waals surface area contributed by atoms with E-state index in [9.17, 15) is 9.18 Å². The number of halogens is 1. The van der Waals surface area contributed by atoms with Crippen LogP contribution >= 0.6 is 0 Å². The van der Waals surface area contributed by atoms with Gasteiger partial charge in [-0.15, -0.1) is 0 Å². The number of aromatic nitrogens is 1. The van der Waals surface area contributed by atoms with Gasteiger partial charge in [-0.05, 0) is 48.9 Å². The fraction of sp³-hybridized carbons (Fsp3) is 0.360. The second-order valence-corrected chi connectivity index (χ2v) is 8.31. The molecule has 1 unspecified atom stereocenters. The Morgan fingerprint density at radius 2 is 1.90 bits per heavy atom.